The molecule has 42 heavy (non-hydrogen) atoms. The van der Waals surface area contributed by atoms with E-state index < -0.39 is 0 Å². The van der Waals surface area contributed by atoms with Gasteiger partial charge < -0.3 is 0 Å². The zero-order chi connectivity index (χ0) is 27.9. The molecule has 1 unspecified atom stereocenters. The second-order valence-electron chi connectivity index (χ2n) is 10.5. The van der Waals surface area contributed by atoms with Crippen molar-refractivity contribution in [3.05, 3.63) is 162 Å². The first kappa shape index (κ1) is 26.4. The normalized spacial score (nSPS) is 13.8. The molecule has 4 heteroatoms. The SMILES string of the molecule is c1ccc([S+](c2ccc(Sc3ccc4c(c3)Cc3ccccc3S4)cc2)c2ccc3c(c2)Cc2ccccc2S3)cc1. The highest BCUT2D eigenvalue weighted by Gasteiger charge is 2.30. The quantitative estimate of drug-likeness (QED) is 0.178. The Morgan fingerprint density at radius 2 is 0.905 bits per heavy atom. The van der Waals surface area contributed by atoms with Crippen LogP contribution < -0.4 is 0 Å². The highest BCUT2D eigenvalue weighted by Crippen LogP contribution is 2.43. The summed E-state index contributed by atoms with van der Waals surface area (Å²) in [4.78, 5) is 12.2. The van der Waals surface area contributed by atoms with Crippen LogP contribution in [0.4, 0.5) is 0 Å². The Bertz CT molecular complexity index is 1910. The van der Waals surface area contributed by atoms with E-state index in [1.807, 2.05) is 35.3 Å². The minimum atomic E-state index is -0.169. The summed E-state index contributed by atoms with van der Waals surface area (Å²) in [6.07, 6.45) is 2.01. The van der Waals surface area contributed by atoms with Crippen molar-refractivity contribution in [3.63, 3.8) is 0 Å². The Morgan fingerprint density at radius 3 is 1.60 bits per heavy atom. The van der Waals surface area contributed by atoms with Crippen LogP contribution in [-0.2, 0) is 23.7 Å². The lowest BCUT2D eigenvalue weighted by Crippen LogP contribution is -2.07. The molecular formula is C38H27S4+. The van der Waals surface area contributed by atoms with Crippen LogP contribution >= 0.6 is 35.3 Å². The third kappa shape index (κ3) is 5.22. The maximum atomic E-state index is 2.46. The van der Waals surface area contributed by atoms with Crippen LogP contribution in [0.2, 0.25) is 0 Å². The minimum Gasteiger partial charge on any atom is -0.0901 e. The van der Waals surface area contributed by atoms with Gasteiger partial charge in [-0.15, -0.1) is 0 Å². The fraction of sp³-hybridized carbons (Fsp3) is 0.0526. The van der Waals surface area contributed by atoms with Crippen LogP contribution in [0.15, 0.2) is 184 Å². The Hall–Kier alpha value is -3.28. The molecule has 1 atom stereocenters. The largest absolute Gasteiger partial charge is 0.166 e. The van der Waals surface area contributed by atoms with Gasteiger partial charge in [0, 0.05) is 29.4 Å². The van der Waals surface area contributed by atoms with E-state index in [1.165, 1.54) is 66.3 Å². The van der Waals surface area contributed by atoms with E-state index in [4.69, 9.17) is 0 Å². The molecule has 2 aliphatic heterocycles. The lowest BCUT2D eigenvalue weighted by atomic mass is 10.0. The number of rotatable bonds is 5. The molecule has 0 aromatic heterocycles. The Labute approximate surface area is 263 Å². The van der Waals surface area contributed by atoms with Gasteiger partial charge >= 0.3 is 0 Å². The molecule has 6 aromatic rings. The van der Waals surface area contributed by atoms with Crippen molar-refractivity contribution >= 4 is 46.2 Å². The topological polar surface area (TPSA) is 0 Å². The Balaban J connectivity index is 1.07. The number of hydrogen-bond acceptors (Lipinski definition) is 3. The average Bonchev–Trinajstić information content (AvgIpc) is 3.04. The lowest BCUT2D eigenvalue weighted by molar-refractivity contribution is 1.04. The molecule has 0 amide bonds. The monoisotopic (exact) mass is 611 g/mol. The van der Waals surface area contributed by atoms with Crippen LogP contribution in [0.5, 0.6) is 0 Å². The van der Waals surface area contributed by atoms with Gasteiger partial charge in [0.2, 0.25) is 0 Å². The minimum absolute atomic E-state index is 0.169. The number of fused-ring (bicyclic) bond motifs is 4. The molecule has 0 aliphatic carbocycles. The summed E-state index contributed by atoms with van der Waals surface area (Å²) in [5, 5.41) is 0. The third-order valence-electron chi connectivity index (χ3n) is 7.72. The molecule has 0 N–H and O–H groups in total. The van der Waals surface area contributed by atoms with E-state index in [0.29, 0.717) is 0 Å². The second-order valence-corrected chi connectivity index (χ2v) is 15.8. The van der Waals surface area contributed by atoms with Crippen molar-refractivity contribution in [1.29, 1.82) is 0 Å². The molecule has 0 saturated carbocycles. The number of benzene rings is 6. The predicted molar refractivity (Wildman–Crippen MR) is 179 cm³/mol. The van der Waals surface area contributed by atoms with Gasteiger partial charge in [-0.1, -0.05) is 89.9 Å². The smallest absolute Gasteiger partial charge is 0.0901 e. The van der Waals surface area contributed by atoms with Gasteiger partial charge in [0.05, 0.1) is 10.9 Å². The van der Waals surface area contributed by atoms with E-state index in [0.717, 1.165) is 12.8 Å². The first-order valence-electron chi connectivity index (χ1n) is 14.1. The molecular weight excluding hydrogens is 585 g/mol. The lowest BCUT2D eigenvalue weighted by Gasteiger charge is -2.19. The van der Waals surface area contributed by atoms with Crippen LogP contribution in [0.1, 0.15) is 22.3 Å². The Kier molecular flexibility index (Phi) is 7.17. The van der Waals surface area contributed by atoms with Crippen LogP contribution in [0.25, 0.3) is 0 Å². The molecule has 0 nitrogen and oxygen atoms in total. The summed E-state index contributed by atoms with van der Waals surface area (Å²) in [5.74, 6) is 0. The maximum Gasteiger partial charge on any atom is 0.166 e. The molecule has 0 bridgehead atoms. The first-order chi connectivity index (χ1) is 20.8. The summed E-state index contributed by atoms with van der Waals surface area (Å²) in [6, 6.07) is 52.0. The van der Waals surface area contributed by atoms with E-state index >= 15 is 0 Å². The fourth-order valence-electron chi connectivity index (χ4n) is 5.67. The van der Waals surface area contributed by atoms with Crippen molar-refractivity contribution in [2.75, 3.05) is 0 Å². The fourth-order valence-corrected chi connectivity index (χ4v) is 10.8. The van der Waals surface area contributed by atoms with Gasteiger partial charge in [-0.3, -0.25) is 0 Å². The van der Waals surface area contributed by atoms with Gasteiger partial charge in [0.25, 0.3) is 0 Å². The Morgan fingerprint density at radius 1 is 0.405 bits per heavy atom. The zero-order valence-corrected chi connectivity index (χ0v) is 26.1. The molecule has 0 radical (unpaired) electrons. The molecule has 202 valence electrons. The second kappa shape index (κ2) is 11.4. The van der Waals surface area contributed by atoms with Crippen molar-refractivity contribution in [2.24, 2.45) is 0 Å². The van der Waals surface area contributed by atoms with Crippen molar-refractivity contribution in [1.82, 2.24) is 0 Å². The number of hydrogen-bond donors (Lipinski definition) is 0. The highest BCUT2D eigenvalue weighted by atomic mass is 32.2. The van der Waals surface area contributed by atoms with Crippen molar-refractivity contribution in [3.8, 4) is 0 Å². The van der Waals surface area contributed by atoms with Crippen molar-refractivity contribution in [2.45, 2.75) is 56.9 Å². The van der Waals surface area contributed by atoms with Crippen molar-refractivity contribution < 1.29 is 0 Å². The van der Waals surface area contributed by atoms with E-state index in [9.17, 15) is 0 Å². The summed E-state index contributed by atoms with van der Waals surface area (Å²) in [5.41, 5.74) is 5.72. The van der Waals surface area contributed by atoms with Crippen LogP contribution in [0, 0.1) is 0 Å². The zero-order valence-electron chi connectivity index (χ0n) is 22.8. The molecule has 6 aromatic carbocycles. The van der Waals surface area contributed by atoms with Gasteiger partial charge in [0.1, 0.15) is 0 Å². The van der Waals surface area contributed by atoms with E-state index in [2.05, 4.69) is 140 Å². The van der Waals surface area contributed by atoms with Gasteiger partial charge in [-0.25, -0.2) is 0 Å². The summed E-state index contributed by atoms with van der Waals surface area (Å²) >= 11 is 5.65. The molecule has 2 heterocycles. The summed E-state index contributed by atoms with van der Waals surface area (Å²) in [7, 11) is -0.169. The standard InChI is InChI=1S/C38H27S4/c1-2-10-32(11-3-1)42(34-19-21-38-29(25-34)23-27-9-5-7-13-36(27)41-38)33-17-14-30(15-18-33)39-31-16-20-37-28(24-31)22-26-8-4-6-12-35(26)40-37/h1-21,24-25H,22-23H2/q+1. The maximum absolute atomic E-state index is 2.46. The summed E-state index contributed by atoms with van der Waals surface area (Å²) < 4.78 is 0. The van der Waals surface area contributed by atoms with E-state index in [1.54, 1.807) is 0 Å². The van der Waals surface area contributed by atoms with Gasteiger partial charge in [0.15, 0.2) is 14.7 Å². The predicted octanol–water partition coefficient (Wildman–Crippen LogP) is 11.0. The summed E-state index contributed by atoms with van der Waals surface area (Å²) in [6.45, 7) is 0. The van der Waals surface area contributed by atoms with Gasteiger partial charge in [-0.2, -0.15) is 0 Å². The van der Waals surface area contributed by atoms with Crippen LogP contribution in [-0.4, -0.2) is 0 Å². The van der Waals surface area contributed by atoms with E-state index in [-0.39, 0.29) is 10.9 Å². The molecule has 0 fully saturated rings. The first-order valence-corrected chi connectivity index (χ1v) is 17.8. The molecule has 0 spiro atoms. The molecule has 2 aliphatic rings. The molecule has 0 saturated heterocycles. The molecule has 8 rings (SSSR count). The third-order valence-corrected chi connectivity index (χ3v) is 13.4. The highest BCUT2D eigenvalue weighted by molar-refractivity contribution is 8.00. The van der Waals surface area contributed by atoms with Crippen LogP contribution in [0.3, 0.4) is 0 Å². The average molecular weight is 612 g/mol. The van der Waals surface area contributed by atoms with Gasteiger partial charge in [-0.05, 0) is 120 Å².